The molecule has 2 aromatic carbocycles. The highest BCUT2D eigenvalue weighted by molar-refractivity contribution is 7.90. The fourth-order valence-corrected chi connectivity index (χ4v) is 4.25. The second-order valence-electron chi connectivity index (χ2n) is 5.08. The molecule has 2 aromatic rings. The Labute approximate surface area is 157 Å². The van der Waals surface area contributed by atoms with E-state index in [1.807, 2.05) is 6.92 Å². The van der Waals surface area contributed by atoms with E-state index in [-0.39, 0.29) is 23.0 Å². The molecule has 138 valence electrons. The van der Waals surface area contributed by atoms with Crippen LogP contribution in [0.4, 0.5) is 0 Å². The third-order valence-electron chi connectivity index (χ3n) is 3.43. The molecule has 0 radical (unpaired) electrons. The minimum atomic E-state index is -3.94. The topological polar surface area (TPSA) is 81.9 Å². The summed E-state index contributed by atoms with van der Waals surface area (Å²) in [5.74, 6) is 0.413. The summed E-state index contributed by atoms with van der Waals surface area (Å²) in [6.07, 6.45) is 0. The first kappa shape index (κ1) is 20.2. The monoisotopic (exact) mass is 406 g/mol. The predicted octanol–water partition coefficient (Wildman–Crippen LogP) is 3.01. The zero-order valence-electron chi connectivity index (χ0n) is 13.7. The normalized spacial score (nSPS) is 12.0. The Hall–Kier alpha value is -1.09. The molecule has 0 bridgehead atoms. The molecule has 0 saturated heterocycles. The highest BCUT2D eigenvalue weighted by atomic mass is 35.5. The van der Waals surface area contributed by atoms with Gasteiger partial charge in [-0.3, -0.25) is 0 Å². The summed E-state index contributed by atoms with van der Waals surface area (Å²) in [5, 5.41) is 1.25. The highest BCUT2D eigenvalue weighted by Crippen LogP contribution is 2.38. The number of hydrogen-bond acceptors (Lipinski definition) is 5. The number of hydrogen-bond donors (Lipinski definition) is 1. The smallest absolute Gasteiger partial charge is 0.257 e. The Morgan fingerprint density at radius 3 is 2.52 bits per heavy atom. The lowest BCUT2D eigenvalue weighted by molar-refractivity contribution is 0.111. The van der Waals surface area contributed by atoms with Gasteiger partial charge in [-0.25, -0.2) is 8.42 Å². The van der Waals surface area contributed by atoms with Gasteiger partial charge in [0, 0.05) is 30.5 Å². The van der Waals surface area contributed by atoms with Gasteiger partial charge in [0.15, 0.2) is 0 Å². The fourth-order valence-electron chi connectivity index (χ4n) is 2.32. The molecule has 0 aliphatic heterocycles. The average Bonchev–Trinajstić information content (AvgIpc) is 2.59. The maximum Gasteiger partial charge on any atom is 0.257 e. The van der Waals surface area contributed by atoms with Gasteiger partial charge in [0.2, 0.25) is 0 Å². The van der Waals surface area contributed by atoms with Crippen molar-refractivity contribution in [3.8, 4) is 5.75 Å². The maximum atomic E-state index is 12.7. The van der Waals surface area contributed by atoms with Crippen molar-refractivity contribution in [3.05, 3.63) is 35.4 Å². The minimum Gasteiger partial charge on any atom is -0.489 e. The summed E-state index contributed by atoms with van der Waals surface area (Å²) < 4.78 is 37.1. The molecular weight excluding hydrogens is 387 g/mol. The standard InChI is InChI=1S/C16H20Cl2N2O4S/c1-2-23-9-10-24-16-13-6-4-3-5-12(13)15(11-14(16)17)25(21,22)20(18)8-7-19/h3-6,11H,2,7-10,19H2,1H3. The van der Waals surface area contributed by atoms with Crippen LogP contribution in [0.25, 0.3) is 10.8 Å². The number of rotatable bonds is 9. The van der Waals surface area contributed by atoms with Gasteiger partial charge < -0.3 is 15.2 Å². The van der Waals surface area contributed by atoms with Crippen LogP contribution >= 0.6 is 23.4 Å². The van der Waals surface area contributed by atoms with Crippen LogP contribution in [0.3, 0.4) is 0 Å². The van der Waals surface area contributed by atoms with Crippen molar-refractivity contribution >= 4 is 44.2 Å². The molecule has 0 amide bonds. The van der Waals surface area contributed by atoms with E-state index in [1.165, 1.54) is 6.07 Å². The van der Waals surface area contributed by atoms with Gasteiger partial charge in [-0.15, -0.1) is 3.82 Å². The van der Waals surface area contributed by atoms with E-state index >= 15 is 0 Å². The van der Waals surface area contributed by atoms with Crippen LogP contribution in [0.1, 0.15) is 6.92 Å². The van der Waals surface area contributed by atoms with E-state index in [0.29, 0.717) is 40.2 Å². The van der Waals surface area contributed by atoms with Crippen LogP contribution in [0.2, 0.25) is 5.02 Å². The van der Waals surface area contributed by atoms with Crippen molar-refractivity contribution in [1.82, 2.24) is 3.82 Å². The van der Waals surface area contributed by atoms with Gasteiger partial charge in [0.1, 0.15) is 12.4 Å². The molecule has 0 spiro atoms. The predicted molar refractivity (Wildman–Crippen MR) is 99.7 cm³/mol. The third kappa shape index (κ3) is 4.55. The number of sulfonamides is 1. The Morgan fingerprint density at radius 2 is 1.88 bits per heavy atom. The van der Waals surface area contributed by atoms with Crippen LogP contribution in [0, 0.1) is 0 Å². The third-order valence-corrected chi connectivity index (χ3v) is 6.03. The molecule has 2 N–H and O–H groups in total. The number of nitrogens with zero attached hydrogens (tertiary/aromatic N) is 1. The molecule has 0 saturated carbocycles. The van der Waals surface area contributed by atoms with Crippen LogP contribution in [0.15, 0.2) is 35.2 Å². The quantitative estimate of drug-likeness (QED) is 0.511. The maximum absolute atomic E-state index is 12.7. The van der Waals surface area contributed by atoms with E-state index in [9.17, 15) is 8.42 Å². The summed E-state index contributed by atoms with van der Waals surface area (Å²) in [4.78, 5) is 0.00806. The zero-order chi connectivity index (χ0) is 18.4. The van der Waals surface area contributed by atoms with Gasteiger partial charge >= 0.3 is 0 Å². The molecular formula is C16H20Cl2N2O4S. The first-order valence-electron chi connectivity index (χ1n) is 7.73. The fraction of sp³-hybridized carbons (Fsp3) is 0.375. The van der Waals surface area contributed by atoms with Crippen molar-refractivity contribution in [2.75, 3.05) is 32.9 Å². The first-order valence-corrected chi connectivity index (χ1v) is 9.89. The van der Waals surface area contributed by atoms with Crippen LogP contribution < -0.4 is 10.5 Å². The van der Waals surface area contributed by atoms with E-state index in [4.69, 9.17) is 38.6 Å². The van der Waals surface area contributed by atoms with Gasteiger partial charge in [-0.2, -0.15) is 0 Å². The van der Waals surface area contributed by atoms with Crippen molar-refractivity contribution in [1.29, 1.82) is 0 Å². The Kier molecular flexibility index (Phi) is 7.30. The second-order valence-corrected chi connectivity index (χ2v) is 7.93. The van der Waals surface area contributed by atoms with Crippen molar-refractivity contribution in [3.63, 3.8) is 0 Å². The lowest BCUT2D eigenvalue weighted by atomic mass is 10.1. The molecule has 9 heteroatoms. The Morgan fingerprint density at radius 1 is 1.20 bits per heavy atom. The van der Waals surface area contributed by atoms with Gasteiger partial charge in [-0.05, 0) is 24.8 Å². The number of halogens is 2. The number of benzene rings is 2. The van der Waals surface area contributed by atoms with Crippen LogP contribution in [-0.2, 0) is 14.8 Å². The minimum absolute atomic E-state index is 0.00806. The molecule has 0 fully saturated rings. The Balaban J connectivity index is 2.51. The summed E-state index contributed by atoms with van der Waals surface area (Å²) in [7, 11) is -3.94. The molecule has 0 heterocycles. The van der Waals surface area contributed by atoms with Gasteiger partial charge in [0.25, 0.3) is 10.0 Å². The molecule has 0 aliphatic rings. The van der Waals surface area contributed by atoms with E-state index in [2.05, 4.69) is 0 Å². The van der Waals surface area contributed by atoms with Gasteiger partial charge in [-0.1, -0.05) is 35.9 Å². The van der Waals surface area contributed by atoms with E-state index in [0.717, 1.165) is 0 Å². The lowest BCUT2D eigenvalue weighted by Crippen LogP contribution is -2.27. The number of fused-ring (bicyclic) bond motifs is 1. The van der Waals surface area contributed by atoms with Crippen LogP contribution in [0.5, 0.6) is 5.75 Å². The molecule has 0 aromatic heterocycles. The molecule has 2 rings (SSSR count). The lowest BCUT2D eigenvalue weighted by Gasteiger charge is -2.18. The largest absolute Gasteiger partial charge is 0.489 e. The second kappa shape index (κ2) is 9.02. The highest BCUT2D eigenvalue weighted by Gasteiger charge is 2.27. The van der Waals surface area contributed by atoms with E-state index < -0.39 is 10.0 Å². The van der Waals surface area contributed by atoms with Gasteiger partial charge in [0.05, 0.1) is 16.5 Å². The summed E-state index contributed by atoms with van der Waals surface area (Å²) >= 11 is 12.2. The van der Waals surface area contributed by atoms with Crippen LogP contribution in [-0.4, -0.2) is 45.2 Å². The average molecular weight is 407 g/mol. The molecule has 25 heavy (non-hydrogen) atoms. The van der Waals surface area contributed by atoms with E-state index in [1.54, 1.807) is 24.3 Å². The Bertz CT molecular complexity index is 830. The molecule has 6 nitrogen and oxygen atoms in total. The van der Waals surface area contributed by atoms with Crippen molar-refractivity contribution in [2.24, 2.45) is 5.73 Å². The molecule has 0 aliphatic carbocycles. The van der Waals surface area contributed by atoms with Crippen molar-refractivity contribution in [2.45, 2.75) is 11.8 Å². The number of nitrogens with two attached hydrogens (primary N) is 1. The summed E-state index contributed by atoms with van der Waals surface area (Å²) in [6, 6.07) is 8.30. The first-order chi connectivity index (χ1) is 11.9. The summed E-state index contributed by atoms with van der Waals surface area (Å²) in [6.45, 7) is 3.28. The molecule has 0 unspecified atom stereocenters. The SMILES string of the molecule is CCOCCOc1c(Cl)cc(S(=O)(=O)N(Cl)CCN)c2ccccc12. The zero-order valence-corrected chi connectivity index (χ0v) is 16.1. The number of ether oxygens (including phenoxy) is 2. The molecule has 0 atom stereocenters. The summed E-state index contributed by atoms with van der Waals surface area (Å²) in [5.41, 5.74) is 5.40. The van der Waals surface area contributed by atoms with Crippen molar-refractivity contribution < 1.29 is 17.9 Å².